The lowest BCUT2D eigenvalue weighted by molar-refractivity contribution is -0.152. The molecule has 1 N–H and O–H groups in total. The zero-order valence-corrected chi connectivity index (χ0v) is 13.5. The van der Waals surface area contributed by atoms with E-state index >= 15 is 0 Å². The van der Waals surface area contributed by atoms with Crippen LogP contribution in [0.5, 0.6) is 0 Å². The van der Waals surface area contributed by atoms with E-state index in [0.29, 0.717) is 12.8 Å². The van der Waals surface area contributed by atoms with Crippen LogP contribution in [0.1, 0.15) is 40.5 Å². The number of nitrogens with zero attached hydrogens (tertiary/aromatic N) is 1. The van der Waals surface area contributed by atoms with Crippen molar-refractivity contribution in [3.05, 3.63) is 0 Å². The lowest BCUT2D eigenvalue weighted by Gasteiger charge is -2.31. The van der Waals surface area contributed by atoms with Crippen LogP contribution in [0.15, 0.2) is 0 Å². The van der Waals surface area contributed by atoms with Crippen LogP contribution in [-0.2, 0) is 9.53 Å². The number of ether oxygens (including phenoxy) is 1. The van der Waals surface area contributed by atoms with E-state index < -0.39 is 18.3 Å². The number of rotatable bonds is 9. The summed E-state index contributed by atoms with van der Waals surface area (Å²) in [7, 11) is 1.42. The van der Waals surface area contributed by atoms with Crippen molar-refractivity contribution in [3.8, 4) is 0 Å². The maximum absolute atomic E-state index is 12.2. The van der Waals surface area contributed by atoms with Crippen LogP contribution in [-0.4, -0.2) is 55.4 Å². The van der Waals surface area contributed by atoms with E-state index in [4.69, 9.17) is 4.74 Å². The minimum atomic E-state index is -4.20. The van der Waals surface area contributed by atoms with Crippen molar-refractivity contribution in [2.75, 3.05) is 26.7 Å². The Kier molecular flexibility index (Phi) is 8.25. The second kappa shape index (κ2) is 8.58. The van der Waals surface area contributed by atoms with Crippen LogP contribution in [0.2, 0.25) is 0 Å². The predicted octanol–water partition coefficient (Wildman–Crippen LogP) is 2.58. The van der Waals surface area contributed by atoms with E-state index in [1.165, 1.54) is 11.9 Å². The van der Waals surface area contributed by atoms with Crippen LogP contribution < -0.4 is 5.32 Å². The zero-order chi connectivity index (χ0) is 16.7. The molecule has 4 nitrogen and oxygen atoms in total. The molecule has 0 aliphatic heterocycles. The molecule has 0 aliphatic rings. The summed E-state index contributed by atoms with van der Waals surface area (Å²) in [6, 6.07) is 0.0762. The molecule has 1 atom stereocenters. The van der Waals surface area contributed by atoms with Gasteiger partial charge in [-0.25, -0.2) is 0 Å². The highest BCUT2D eigenvalue weighted by molar-refractivity contribution is 5.80. The van der Waals surface area contributed by atoms with Crippen molar-refractivity contribution in [3.63, 3.8) is 0 Å². The predicted molar refractivity (Wildman–Crippen MR) is 76.1 cm³/mol. The summed E-state index contributed by atoms with van der Waals surface area (Å²) in [6.45, 7) is 6.89. The van der Waals surface area contributed by atoms with Gasteiger partial charge in [0, 0.05) is 6.04 Å². The first-order valence-electron chi connectivity index (χ1n) is 7.20. The highest BCUT2D eigenvalue weighted by Gasteiger charge is 2.35. The molecule has 0 fully saturated rings. The second-order valence-electron chi connectivity index (χ2n) is 5.81. The monoisotopic (exact) mass is 312 g/mol. The molecule has 0 amide bonds. The van der Waals surface area contributed by atoms with Gasteiger partial charge in [0.25, 0.3) is 0 Å². The molecule has 0 aromatic heterocycles. The lowest BCUT2D eigenvalue weighted by atomic mass is 9.94. The van der Waals surface area contributed by atoms with Gasteiger partial charge in [-0.15, -0.1) is 0 Å². The number of halogens is 3. The van der Waals surface area contributed by atoms with Crippen molar-refractivity contribution in [2.24, 2.45) is 0 Å². The number of hydrogen-bond donors (Lipinski definition) is 1. The number of carbonyl (C=O) groups is 1. The fourth-order valence-corrected chi connectivity index (χ4v) is 2.25. The average Bonchev–Trinajstić information content (AvgIpc) is 2.25. The number of alkyl halides is 3. The molecular weight excluding hydrogens is 285 g/mol. The van der Waals surface area contributed by atoms with Crippen LogP contribution in [0.25, 0.3) is 0 Å². The Hall–Kier alpha value is -0.820. The minimum absolute atomic E-state index is 0.0762. The van der Waals surface area contributed by atoms with Gasteiger partial charge in [0.1, 0.15) is 5.54 Å². The third-order valence-electron chi connectivity index (χ3n) is 3.00. The summed E-state index contributed by atoms with van der Waals surface area (Å²) in [5.41, 5.74) is -0.872. The van der Waals surface area contributed by atoms with Gasteiger partial charge < -0.3 is 4.74 Å². The lowest BCUT2D eigenvalue weighted by Crippen LogP contribution is -2.53. The van der Waals surface area contributed by atoms with Crippen molar-refractivity contribution in [1.29, 1.82) is 0 Å². The molecular formula is C14H27F3N2O2. The van der Waals surface area contributed by atoms with E-state index in [1.807, 2.05) is 13.8 Å². The Morgan fingerprint density at radius 3 is 2.33 bits per heavy atom. The summed E-state index contributed by atoms with van der Waals surface area (Å²) in [5, 5.41) is 3.15. The topological polar surface area (TPSA) is 41.6 Å². The fraction of sp³-hybridized carbons (Fsp3) is 0.929. The van der Waals surface area contributed by atoms with Crippen LogP contribution in [0.3, 0.4) is 0 Å². The maximum atomic E-state index is 12.2. The van der Waals surface area contributed by atoms with E-state index in [9.17, 15) is 18.0 Å². The molecule has 0 aromatic carbocycles. The first-order valence-corrected chi connectivity index (χ1v) is 7.20. The van der Waals surface area contributed by atoms with Crippen molar-refractivity contribution in [2.45, 2.75) is 58.3 Å². The Bertz CT molecular complexity index is 322. The summed E-state index contributed by atoms with van der Waals surface area (Å²) in [6.07, 6.45) is -3.30. The van der Waals surface area contributed by atoms with E-state index in [2.05, 4.69) is 5.32 Å². The van der Waals surface area contributed by atoms with Crippen LogP contribution in [0, 0.1) is 0 Å². The van der Waals surface area contributed by atoms with Gasteiger partial charge in [-0.2, -0.15) is 13.2 Å². The minimum Gasteiger partial charge on any atom is -0.465 e. The molecule has 0 aromatic rings. The molecule has 0 saturated heterocycles. The third kappa shape index (κ3) is 8.93. The molecule has 1 unspecified atom stereocenters. The van der Waals surface area contributed by atoms with E-state index in [1.54, 1.807) is 13.8 Å². The summed E-state index contributed by atoms with van der Waals surface area (Å²) in [4.78, 5) is 13.2. The van der Waals surface area contributed by atoms with E-state index in [-0.39, 0.29) is 25.2 Å². The molecule has 0 aliphatic carbocycles. The number of carbonyl (C=O) groups excluding carboxylic acids is 1. The number of esters is 1. The smallest absolute Gasteiger partial charge is 0.401 e. The zero-order valence-electron chi connectivity index (χ0n) is 13.5. The van der Waals surface area contributed by atoms with Crippen molar-refractivity contribution >= 4 is 5.97 Å². The van der Waals surface area contributed by atoms with Gasteiger partial charge in [0.2, 0.25) is 0 Å². The van der Waals surface area contributed by atoms with Gasteiger partial charge in [0.15, 0.2) is 0 Å². The quantitative estimate of drug-likeness (QED) is 0.665. The molecule has 0 saturated carbocycles. The summed E-state index contributed by atoms with van der Waals surface area (Å²) < 4.78 is 41.8. The maximum Gasteiger partial charge on any atom is 0.401 e. The summed E-state index contributed by atoms with van der Waals surface area (Å²) in [5.74, 6) is -0.364. The highest BCUT2D eigenvalue weighted by atomic mass is 19.4. The highest BCUT2D eigenvalue weighted by Crippen LogP contribution is 2.18. The Labute approximate surface area is 125 Å². The van der Waals surface area contributed by atoms with Gasteiger partial charge in [-0.05, 0) is 54.1 Å². The van der Waals surface area contributed by atoms with Gasteiger partial charge in [-0.3, -0.25) is 15.0 Å². The number of nitrogens with one attached hydrogen (secondary N) is 1. The molecule has 126 valence electrons. The molecule has 0 radical (unpaired) electrons. The molecule has 0 bridgehead atoms. The van der Waals surface area contributed by atoms with Crippen LogP contribution >= 0.6 is 0 Å². The Balaban J connectivity index is 4.46. The SMILES string of the molecule is CCOC(=O)C(C)(CCCN(C)CC(F)(F)F)NC(C)C. The third-order valence-corrected chi connectivity index (χ3v) is 3.00. The van der Waals surface area contributed by atoms with Crippen LogP contribution in [0.4, 0.5) is 13.2 Å². The Morgan fingerprint density at radius 1 is 1.33 bits per heavy atom. The van der Waals surface area contributed by atoms with E-state index in [0.717, 1.165) is 0 Å². The van der Waals surface area contributed by atoms with Gasteiger partial charge in [-0.1, -0.05) is 0 Å². The Morgan fingerprint density at radius 2 is 1.90 bits per heavy atom. The molecule has 0 heterocycles. The summed E-state index contributed by atoms with van der Waals surface area (Å²) >= 11 is 0. The largest absolute Gasteiger partial charge is 0.465 e. The van der Waals surface area contributed by atoms with Gasteiger partial charge in [0.05, 0.1) is 13.2 Å². The molecule has 7 heteroatoms. The molecule has 21 heavy (non-hydrogen) atoms. The van der Waals surface area contributed by atoms with Gasteiger partial charge >= 0.3 is 12.1 Å². The first kappa shape index (κ1) is 20.2. The molecule has 0 rings (SSSR count). The standard InChI is InChI=1S/C14H27F3N2O2/c1-6-21-12(20)13(4,18-11(2)3)8-7-9-19(5)10-14(15,16)17/h11,18H,6-10H2,1-5H3. The molecule has 0 spiro atoms. The number of hydrogen-bond acceptors (Lipinski definition) is 4. The van der Waals surface area contributed by atoms with Crippen molar-refractivity contribution in [1.82, 2.24) is 10.2 Å². The normalized spacial score (nSPS) is 15.3. The first-order chi connectivity index (χ1) is 9.50. The van der Waals surface area contributed by atoms with Crippen molar-refractivity contribution < 1.29 is 22.7 Å². The average molecular weight is 312 g/mol. The fourth-order valence-electron chi connectivity index (χ4n) is 2.25. The second-order valence-corrected chi connectivity index (χ2v) is 5.81.